The lowest BCUT2D eigenvalue weighted by Gasteiger charge is -2.22. The molecular formula is C13H18O3. The first-order chi connectivity index (χ1) is 7.52. The molecule has 0 heterocycles. The summed E-state index contributed by atoms with van der Waals surface area (Å²) in [6.07, 6.45) is 0. The first-order valence-electron chi connectivity index (χ1n) is 5.34. The molecule has 0 spiro atoms. The van der Waals surface area contributed by atoms with Crippen LogP contribution in [0.25, 0.3) is 0 Å². The second kappa shape index (κ2) is 5.01. The van der Waals surface area contributed by atoms with Crippen molar-refractivity contribution < 1.29 is 14.3 Å². The zero-order valence-electron chi connectivity index (χ0n) is 10.2. The Bertz CT molecular complexity index is 369. The normalized spacial score (nSPS) is 11.0. The molecule has 0 fully saturated rings. The van der Waals surface area contributed by atoms with Crippen molar-refractivity contribution in [3.63, 3.8) is 0 Å². The van der Waals surface area contributed by atoms with Gasteiger partial charge in [-0.05, 0) is 38.5 Å². The number of esters is 1. The van der Waals surface area contributed by atoms with E-state index < -0.39 is 5.41 Å². The molecule has 1 aromatic carbocycles. The SMILES string of the molecule is CCOc1cccc(C(C)(C)C(=O)OC)c1. The second-order valence-electron chi connectivity index (χ2n) is 4.08. The molecule has 1 aromatic rings. The molecule has 0 saturated carbocycles. The minimum absolute atomic E-state index is 0.249. The molecule has 1 rings (SSSR count). The molecule has 0 radical (unpaired) electrons. The number of rotatable bonds is 4. The highest BCUT2D eigenvalue weighted by atomic mass is 16.5. The molecule has 88 valence electrons. The van der Waals surface area contributed by atoms with Gasteiger partial charge in [0.25, 0.3) is 0 Å². The van der Waals surface area contributed by atoms with Crippen molar-refractivity contribution in [2.24, 2.45) is 0 Å². The monoisotopic (exact) mass is 222 g/mol. The van der Waals surface area contributed by atoms with Gasteiger partial charge in [0.15, 0.2) is 0 Å². The number of benzene rings is 1. The van der Waals surface area contributed by atoms with Crippen molar-refractivity contribution in [2.75, 3.05) is 13.7 Å². The Morgan fingerprint density at radius 3 is 2.62 bits per heavy atom. The fourth-order valence-electron chi connectivity index (χ4n) is 1.51. The van der Waals surface area contributed by atoms with Gasteiger partial charge in [-0.3, -0.25) is 4.79 Å². The summed E-state index contributed by atoms with van der Waals surface area (Å²) in [7, 11) is 1.40. The summed E-state index contributed by atoms with van der Waals surface area (Å²) < 4.78 is 10.2. The summed E-state index contributed by atoms with van der Waals surface area (Å²) >= 11 is 0. The number of carbonyl (C=O) groups excluding carboxylic acids is 1. The molecule has 0 saturated heterocycles. The van der Waals surface area contributed by atoms with Crippen molar-refractivity contribution in [1.29, 1.82) is 0 Å². The van der Waals surface area contributed by atoms with Gasteiger partial charge in [0, 0.05) is 0 Å². The molecule has 3 nitrogen and oxygen atoms in total. The van der Waals surface area contributed by atoms with E-state index in [1.54, 1.807) is 0 Å². The van der Waals surface area contributed by atoms with E-state index in [-0.39, 0.29) is 5.97 Å². The van der Waals surface area contributed by atoms with Crippen molar-refractivity contribution in [3.05, 3.63) is 29.8 Å². The average Bonchev–Trinajstić information content (AvgIpc) is 2.28. The van der Waals surface area contributed by atoms with Gasteiger partial charge in [-0.2, -0.15) is 0 Å². The van der Waals surface area contributed by atoms with E-state index in [2.05, 4.69) is 0 Å². The lowest BCUT2D eigenvalue weighted by atomic mass is 9.85. The first-order valence-corrected chi connectivity index (χ1v) is 5.34. The van der Waals surface area contributed by atoms with Crippen LogP contribution in [-0.2, 0) is 14.9 Å². The van der Waals surface area contributed by atoms with E-state index in [1.807, 2.05) is 45.0 Å². The topological polar surface area (TPSA) is 35.5 Å². The van der Waals surface area contributed by atoms with Crippen molar-refractivity contribution >= 4 is 5.97 Å². The van der Waals surface area contributed by atoms with Gasteiger partial charge in [-0.15, -0.1) is 0 Å². The number of hydrogen-bond acceptors (Lipinski definition) is 3. The summed E-state index contributed by atoms with van der Waals surface area (Å²) in [6, 6.07) is 7.53. The van der Waals surface area contributed by atoms with Crippen molar-refractivity contribution in [2.45, 2.75) is 26.2 Å². The molecule has 0 aromatic heterocycles. The van der Waals surface area contributed by atoms with Gasteiger partial charge in [0.2, 0.25) is 0 Å². The summed E-state index contributed by atoms with van der Waals surface area (Å²) in [5.74, 6) is 0.526. The lowest BCUT2D eigenvalue weighted by molar-refractivity contribution is -0.146. The molecule has 16 heavy (non-hydrogen) atoms. The zero-order chi connectivity index (χ0) is 12.2. The van der Waals surface area contributed by atoms with Gasteiger partial charge < -0.3 is 9.47 Å². The highest BCUT2D eigenvalue weighted by Gasteiger charge is 2.31. The predicted molar refractivity (Wildman–Crippen MR) is 62.7 cm³/mol. The molecule has 3 heteroatoms. The molecule has 0 N–H and O–H groups in total. The summed E-state index contributed by atoms with van der Waals surface area (Å²) in [5, 5.41) is 0. The standard InChI is InChI=1S/C13H18O3/c1-5-16-11-8-6-7-10(9-11)13(2,3)12(14)15-4/h6-9H,5H2,1-4H3. The average molecular weight is 222 g/mol. The van der Waals surface area contributed by atoms with Crippen LogP contribution in [0.1, 0.15) is 26.3 Å². The van der Waals surface area contributed by atoms with E-state index >= 15 is 0 Å². The van der Waals surface area contributed by atoms with E-state index in [4.69, 9.17) is 9.47 Å². The fourth-order valence-corrected chi connectivity index (χ4v) is 1.51. The third-order valence-electron chi connectivity index (χ3n) is 2.56. The van der Waals surface area contributed by atoms with Crippen LogP contribution in [0.3, 0.4) is 0 Å². The van der Waals surface area contributed by atoms with Crippen LogP contribution < -0.4 is 4.74 Å². The highest BCUT2D eigenvalue weighted by molar-refractivity contribution is 5.82. The Morgan fingerprint density at radius 1 is 1.38 bits per heavy atom. The van der Waals surface area contributed by atoms with Gasteiger partial charge in [-0.1, -0.05) is 12.1 Å². The van der Waals surface area contributed by atoms with Crippen molar-refractivity contribution in [1.82, 2.24) is 0 Å². The van der Waals surface area contributed by atoms with E-state index in [1.165, 1.54) is 7.11 Å². The van der Waals surface area contributed by atoms with Gasteiger partial charge in [-0.25, -0.2) is 0 Å². The molecule has 0 aliphatic carbocycles. The van der Waals surface area contributed by atoms with Crippen LogP contribution in [0, 0.1) is 0 Å². The molecular weight excluding hydrogens is 204 g/mol. The largest absolute Gasteiger partial charge is 0.494 e. The summed E-state index contributed by atoms with van der Waals surface area (Å²) in [5.41, 5.74) is 0.243. The molecule has 0 unspecified atom stereocenters. The zero-order valence-corrected chi connectivity index (χ0v) is 10.2. The van der Waals surface area contributed by atoms with Crippen LogP contribution >= 0.6 is 0 Å². The number of methoxy groups -OCH3 is 1. The third kappa shape index (κ3) is 2.54. The maximum atomic E-state index is 11.6. The van der Waals surface area contributed by atoms with Crippen LogP contribution in [0.4, 0.5) is 0 Å². The molecule has 0 aliphatic rings. The Kier molecular flexibility index (Phi) is 3.93. The molecule has 0 aliphatic heterocycles. The summed E-state index contributed by atoms with van der Waals surface area (Å²) in [4.78, 5) is 11.6. The van der Waals surface area contributed by atoms with Crippen LogP contribution in [0.15, 0.2) is 24.3 Å². The minimum Gasteiger partial charge on any atom is -0.494 e. The van der Waals surface area contributed by atoms with Gasteiger partial charge in [0.05, 0.1) is 19.1 Å². The molecule has 0 atom stereocenters. The Hall–Kier alpha value is -1.51. The molecule has 0 bridgehead atoms. The van der Waals surface area contributed by atoms with E-state index in [0.717, 1.165) is 11.3 Å². The maximum Gasteiger partial charge on any atom is 0.315 e. The summed E-state index contributed by atoms with van der Waals surface area (Å²) in [6.45, 7) is 6.22. The first kappa shape index (κ1) is 12.6. The quantitative estimate of drug-likeness (QED) is 0.734. The van der Waals surface area contributed by atoms with Crippen molar-refractivity contribution in [3.8, 4) is 5.75 Å². The lowest BCUT2D eigenvalue weighted by Crippen LogP contribution is -2.30. The fraction of sp³-hybridized carbons (Fsp3) is 0.462. The maximum absolute atomic E-state index is 11.6. The van der Waals surface area contributed by atoms with Crippen LogP contribution in [-0.4, -0.2) is 19.7 Å². The van der Waals surface area contributed by atoms with Gasteiger partial charge in [0.1, 0.15) is 5.75 Å². The minimum atomic E-state index is -0.651. The Morgan fingerprint density at radius 2 is 2.06 bits per heavy atom. The predicted octanol–water partition coefficient (Wildman–Crippen LogP) is 2.54. The van der Waals surface area contributed by atoms with Crippen LogP contribution in [0.2, 0.25) is 0 Å². The highest BCUT2D eigenvalue weighted by Crippen LogP contribution is 2.27. The second-order valence-corrected chi connectivity index (χ2v) is 4.08. The van der Waals surface area contributed by atoms with E-state index in [9.17, 15) is 4.79 Å². The van der Waals surface area contributed by atoms with Gasteiger partial charge >= 0.3 is 5.97 Å². The number of ether oxygens (including phenoxy) is 2. The Balaban J connectivity index is 3.03. The van der Waals surface area contributed by atoms with Crippen LogP contribution in [0.5, 0.6) is 5.75 Å². The Labute approximate surface area is 96.4 Å². The van der Waals surface area contributed by atoms with E-state index in [0.29, 0.717) is 6.61 Å². The number of carbonyl (C=O) groups is 1. The molecule has 0 amide bonds. The smallest absolute Gasteiger partial charge is 0.315 e. The number of hydrogen-bond donors (Lipinski definition) is 0. The third-order valence-corrected chi connectivity index (χ3v) is 2.56.